The maximum Gasteiger partial charge on any atom is 0.328 e. The molecule has 1 N–H and O–H groups in total. The first kappa shape index (κ1) is 11.9. The molecule has 90 valence electrons. The molecule has 0 bridgehead atoms. The predicted octanol–water partition coefficient (Wildman–Crippen LogP) is 2.66. The zero-order chi connectivity index (χ0) is 12.3. The van der Waals surface area contributed by atoms with Gasteiger partial charge < -0.3 is 10.1 Å². The van der Waals surface area contributed by atoms with Crippen LogP contribution in [0.15, 0.2) is 24.3 Å². The van der Waals surface area contributed by atoms with E-state index in [0.717, 1.165) is 15.3 Å². The fourth-order valence-electron chi connectivity index (χ4n) is 1.45. The molecule has 17 heavy (non-hydrogen) atoms. The summed E-state index contributed by atoms with van der Waals surface area (Å²) < 4.78 is 6.03. The molecule has 0 fully saturated rings. The lowest BCUT2D eigenvalue weighted by Crippen LogP contribution is -2.28. The number of esters is 1. The number of rotatable bonds is 4. The van der Waals surface area contributed by atoms with Crippen molar-refractivity contribution in [1.82, 2.24) is 4.98 Å². The number of ether oxygens (including phenoxy) is 1. The van der Waals surface area contributed by atoms with E-state index >= 15 is 0 Å². The Kier molecular flexibility index (Phi) is 3.58. The molecule has 1 aromatic heterocycles. The van der Waals surface area contributed by atoms with Gasteiger partial charge in [0.1, 0.15) is 6.04 Å². The number of benzene rings is 1. The summed E-state index contributed by atoms with van der Waals surface area (Å²) in [5, 5.41) is 3.79. The summed E-state index contributed by atoms with van der Waals surface area (Å²) in [5.41, 5.74) is 0.941. The highest BCUT2D eigenvalue weighted by Crippen LogP contribution is 2.25. The molecule has 0 saturated carbocycles. The zero-order valence-corrected chi connectivity index (χ0v) is 10.6. The monoisotopic (exact) mass is 250 g/mol. The maximum atomic E-state index is 11.5. The van der Waals surface area contributed by atoms with Gasteiger partial charge in [0.05, 0.1) is 16.8 Å². The molecular weight excluding hydrogens is 236 g/mol. The highest BCUT2D eigenvalue weighted by Gasteiger charge is 2.15. The summed E-state index contributed by atoms with van der Waals surface area (Å²) in [6.45, 7) is 3.96. The van der Waals surface area contributed by atoms with Crippen molar-refractivity contribution in [2.24, 2.45) is 0 Å². The molecule has 0 aliphatic carbocycles. The Labute approximate surface area is 104 Å². The number of hydrogen-bond acceptors (Lipinski definition) is 5. The van der Waals surface area contributed by atoms with Crippen LogP contribution >= 0.6 is 11.3 Å². The van der Waals surface area contributed by atoms with E-state index in [1.807, 2.05) is 24.3 Å². The van der Waals surface area contributed by atoms with Crippen LogP contribution in [0.3, 0.4) is 0 Å². The Hall–Kier alpha value is -1.62. The van der Waals surface area contributed by atoms with Crippen LogP contribution in [0.4, 0.5) is 5.13 Å². The summed E-state index contributed by atoms with van der Waals surface area (Å²) in [6.07, 6.45) is 0. The van der Waals surface area contributed by atoms with Crippen LogP contribution in [0.5, 0.6) is 0 Å². The molecule has 2 aromatic rings. The molecule has 0 radical (unpaired) electrons. The van der Waals surface area contributed by atoms with Gasteiger partial charge in [0.25, 0.3) is 0 Å². The van der Waals surface area contributed by atoms with E-state index in [1.165, 1.54) is 11.3 Å². The molecular formula is C12H14N2O2S. The van der Waals surface area contributed by atoms with Gasteiger partial charge in [0, 0.05) is 0 Å². The fraction of sp³-hybridized carbons (Fsp3) is 0.333. The van der Waals surface area contributed by atoms with E-state index in [0.29, 0.717) is 6.61 Å². The third-order valence-corrected chi connectivity index (χ3v) is 3.24. The van der Waals surface area contributed by atoms with Crippen LogP contribution in [0.1, 0.15) is 13.8 Å². The molecule has 0 spiro atoms. The minimum absolute atomic E-state index is 0.258. The quantitative estimate of drug-likeness (QED) is 0.848. The van der Waals surface area contributed by atoms with Gasteiger partial charge in [0.15, 0.2) is 5.13 Å². The number of aromatic nitrogens is 1. The first-order chi connectivity index (χ1) is 8.20. The third kappa shape index (κ3) is 2.74. The van der Waals surface area contributed by atoms with Crippen molar-refractivity contribution in [2.45, 2.75) is 19.9 Å². The highest BCUT2D eigenvalue weighted by molar-refractivity contribution is 7.22. The second-order valence-electron chi connectivity index (χ2n) is 3.60. The van der Waals surface area contributed by atoms with Gasteiger partial charge in [-0.3, -0.25) is 0 Å². The number of carbonyl (C=O) groups excluding carboxylic acids is 1. The molecule has 5 heteroatoms. The van der Waals surface area contributed by atoms with Crippen molar-refractivity contribution < 1.29 is 9.53 Å². The number of hydrogen-bond donors (Lipinski definition) is 1. The van der Waals surface area contributed by atoms with Crippen LogP contribution in [-0.4, -0.2) is 23.6 Å². The maximum absolute atomic E-state index is 11.5. The lowest BCUT2D eigenvalue weighted by molar-refractivity contribution is -0.143. The average Bonchev–Trinajstić information content (AvgIpc) is 2.71. The van der Waals surface area contributed by atoms with Crippen molar-refractivity contribution in [2.75, 3.05) is 11.9 Å². The molecule has 4 nitrogen and oxygen atoms in total. The number of nitrogens with one attached hydrogen (secondary N) is 1. The minimum Gasteiger partial charge on any atom is -0.464 e. The van der Waals surface area contributed by atoms with Crippen molar-refractivity contribution >= 4 is 32.7 Å². The van der Waals surface area contributed by atoms with E-state index in [2.05, 4.69) is 10.3 Å². The zero-order valence-electron chi connectivity index (χ0n) is 9.77. The number of nitrogens with zero attached hydrogens (tertiary/aromatic N) is 1. The van der Waals surface area contributed by atoms with E-state index < -0.39 is 0 Å². The molecule has 0 aliphatic heterocycles. The van der Waals surface area contributed by atoms with Crippen LogP contribution in [-0.2, 0) is 9.53 Å². The fourth-order valence-corrected chi connectivity index (χ4v) is 2.40. The number of fused-ring (bicyclic) bond motifs is 1. The summed E-state index contributed by atoms with van der Waals surface area (Å²) in [6, 6.07) is 7.49. The molecule has 0 saturated heterocycles. The van der Waals surface area contributed by atoms with E-state index in [-0.39, 0.29) is 12.0 Å². The van der Waals surface area contributed by atoms with Crippen molar-refractivity contribution in [3.8, 4) is 0 Å². The average molecular weight is 250 g/mol. The minimum atomic E-state index is -0.379. The second-order valence-corrected chi connectivity index (χ2v) is 4.64. The predicted molar refractivity (Wildman–Crippen MR) is 69.3 cm³/mol. The summed E-state index contributed by atoms with van der Waals surface area (Å²) >= 11 is 1.53. The Morgan fingerprint density at radius 3 is 3.00 bits per heavy atom. The van der Waals surface area contributed by atoms with Crippen LogP contribution in [0.25, 0.3) is 10.2 Å². The Balaban J connectivity index is 2.10. The Morgan fingerprint density at radius 2 is 2.29 bits per heavy atom. The third-order valence-electron chi connectivity index (χ3n) is 2.27. The standard InChI is InChI=1S/C12H14N2O2S/c1-3-16-11(15)8(2)13-12-14-9-6-4-5-7-10(9)17-12/h4-8H,3H2,1-2H3,(H,13,14). The van der Waals surface area contributed by atoms with E-state index in [1.54, 1.807) is 13.8 Å². The SMILES string of the molecule is CCOC(=O)C(C)Nc1nc2ccccc2s1. The second kappa shape index (κ2) is 5.14. The molecule has 1 unspecified atom stereocenters. The molecule has 0 aliphatic rings. The van der Waals surface area contributed by atoms with Crippen LogP contribution < -0.4 is 5.32 Å². The lowest BCUT2D eigenvalue weighted by Gasteiger charge is -2.10. The molecule has 1 heterocycles. The number of thiazole rings is 1. The highest BCUT2D eigenvalue weighted by atomic mass is 32.1. The van der Waals surface area contributed by atoms with Gasteiger partial charge in [-0.05, 0) is 26.0 Å². The number of anilines is 1. The smallest absolute Gasteiger partial charge is 0.328 e. The van der Waals surface area contributed by atoms with Crippen LogP contribution in [0.2, 0.25) is 0 Å². The van der Waals surface area contributed by atoms with Gasteiger partial charge in [-0.2, -0.15) is 0 Å². The van der Waals surface area contributed by atoms with E-state index in [4.69, 9.17) is 4.74 Å². The Bertz CT molecular complexity index is 491. The van der Waals surface area contributed by atoms with Gasteiger partial charge in [0.2, 0.25) is 0 Å². The van der Waals surface area contributed by atoms with Crippen LogP contribution in [0, 0.1) is 0 Å². The molecule has 1 aromatic carbocycles. The largest absolute Gasteiger partial charge is 0.464 e. The Morgan fingerprint density at radius 1 is 1.53 bits per heavy atom. The summed E-state index contributed by atoms with van der Waals surface area (Å²) in [5.74, 6) is -0.258. The number of para-hydroxylation sites is 1. The number of carbonyl (C=O) groups is 1. The van der Waals surface area contributed by atoms with Gasteiger partial charge in [-0.15, -0.1) is 0 Å². The first-order valence-electron chi connectivity index (χ1n) is 5.49. The van der Waals surface area contributed by atoms with Gasteiger partial charge >= 0.3 is 5.97 Å². The summed E-state index contributed by atoms with van der Waals surface area (Å²) in [7, 11) is 0. The van der Waals surface area contributed by atoms with Gasteiger partial charge in [-0.25, -0.2) is 9.78 Å². The summed E-state index contributed by atoms with van der Waals surface area (Å²) in [4.78, 5) is 15.8. The first-order valence-corrected chi connectivity index (χ1v) is 6.31. The normalized spacial score (nSPS) is 12.4. The van der Waals surface area contributed by atoms with Gasteiger partial charge in [-0.1, -0.05) is 23.5 Å². The molecule has 2 rings (SSSR count). The van der Waals surface area contributed by atoms with Crippen molar-refractivity contribution in [3.63, 3.8) is 0 Å². The van der Waals surface area contributed by atoms with Crippen molar-refractivity contribution in [3.05, 3.63) is 24.3 Å². The van der Waals surface area contributed by atoms with E-state index in [9.17, 15) is 4.79 Å². The topological polar surface area (TPSA) is 51.2 Å². The molecule has 1 atom stereocenters. The molecule has 0 amide bonds. The lowest BCUT2D eigenvalue weighted by atomic mass is 10.3. The van der Waals surface area contributed by atoms with Crippen molar-refractivity contribution in [1.29, 1.82) is 0 Å².